The van der Waals surface area contributed by atoms with Gasteiger partial charge in [-0.2, -0.15) is 0 Å². The molecule has 0 fully saturated rings. The number of hydrogen-bond donors (Lipinski definition) is 1. The smallest absolute Gasteiger partial charge is 0.243 e. The molecule has 19 heavy (non-hydrogen) atoms. The van der Waals surface area contributed by atoms with Crippen LogP contribution in [0.1, 0.15) is 12.0 Å². The number of nitrogens with one attached hydrogen (secondary N) is 1. The van der Waals surface area contributed by atoms with E-state index in [-0.39, 0.29) is 5.91 Å². The maximum atomic E-state index is 11.5. The third-order valence-electron chi connectivity index (χ3n) is 2.44. The highest BCUT2D eigenvalue weighted by Gasteiger charge is 2.03. The lowest BCUT2D eigenvalue weighted by atomic mass is 10.2. The highest BCUT2D eigenvalue weighted by Crippen LogP contribution is 2.27. The molecule has 0 heterocycles. The number of alkyl halides is 1. The zero-order chi connectivity index (χ0) is 14.1. The van der Waals surface area contributed by atoms with Gasteiger partial charge in [0.05, 0.1) is 14.2 Å². The van der Waals surface area contributed by atoms with Gasteiger partial charge >= 0.3 is 0 Å². The number of halogens is 1. The summed E-state index contributed by atoms with van der Waals surface area (Å²) in [6.45, 7) is 0.582. The largest absolute Gasteiger partial charge is 0.493 e. The topological polar surface area (TPSA) is 47.6 Å². The van der Waals surface area contributed by atoms with Crippen LogP contribution in [0.15, 0.2) is 24.3 Å². The van der Waals surface area contributed by atoms with E-state index < -0.39 is 0 Å². The Morgan fingerprint density at radius 1 is 1.32 bits per heavy atom. The van der Waals surface area contributed by atoms with Crippen molar-refractivity contribution in [2.45, 2.75) is 6.42 Å². The lowest BCUT2D eigenvalue weighted by Gasteiger charge is -2.07. The number of rotatable bonds is 7. The fraction of sp³-hybridized carbons (Fsp3) is 0.357. The van der Waals surface area contributed by atoms with Gasteiger partial charge in [0.2, 0.25) is 5.91 Å². The third-order valence-corrected chi connectivity index (χ3v) is 2.71. The van der Waals surface area contributed by atoms with Crippen molar-refractivity contribution in [1.29, 1.82) is 0 Å². The molecule has 0 saturated heterocycles. The third kappa shape index (κ3) is 5.22. The van der Waals surface area contributed by atoms with E-state index in [1.165, 1.54) is 6.08 Å². The summed E-state index contributed by atoms with van der Waals surface area (Å²) in [5, 5.41) is 2.74. The first kappa shape index (κ1) is 15.4. The van der Waals surface area contributed by atoms with Crippen LogP contribution in [-0.4, -0.2) is 32.6 Å². The summed E-state index contributed by atoms with van der Waals surface area (Å²) in [4.78, 5) is 11.5. The Labute approximate surface area is 118 Å². The molecule has 0 bridgehead atoms. The van der Waals surface area contributed by atoms with Crippen LogP contribution >= 0.6 is 11.6 Å². The number of methoxy groups -OCH3 is 2. The number of carbonyl (C=O) groups is 1. The molecule has 104 valence electrons. The Hall–Kier alpha value is -1.68. The molecule has 1 amide bonds. The summed E-state index contributed by atoms with van der Waals surface area (Å²) in [5.41, 5.74) is 0.866. The zero-order valence-corrected chi connectivity index (χ0v) is 11.9. The van der Waals surface area contributed by atoms with Crippen molar-refractivity contribution in [3.05, 3.63) is 29.8 Å². The Bertz CT molecular complexity index is 446. The average Bonchev–Trinajstić information content (AvgIpc) is 2.45. The standard InChI is InChI=1S/C14H18ClNO3/c1-18-12-6-4-11(10-13(12)19-2)5-7-14(17)16-9-3-8-15/h4-7,10H,3,8-9H2,1-2H3,(H,16,17)/b7-5+. The molecule has 1 rings (SSSR count). The minimum atomic E-state index is -0.139. The van der Waals surface area contributed by atoms with Crippen LogP contribution in [-0.2, 0) is 4.79 Å². The first-order valence-corrected chi connectivity index (χ1v) is 6.48. The summed E-state index contributed by atoms with van der Waals surface area (Å²) in [6.07, 6.45) is 3.96. The van der Waals surface area contributed by atoms with Gasteiger partial charge in [0.15, 0.2) is 11.5 Å². The maximum Gasteiger partial charge on any atom is 0.243 e. The van der Waals surface area contributed by atoms with Gasteiger partial charge in [-0.05, 0) is 30.2 Å². The number of amides is 1. The molecule has 0 aliphatic carbocycles. The van der Waals surface area contributed by atoms with Crippen LogP contribution in [0.2, 0.25) is 0 Å². The van der Waals surface area contributed by atoms with Gasteiger partial charge < -0.3 is 14.8 Å². The molecule has 4 nitrogen and oxygen atoms in total. The number of carbonyl (C=O) groups excluding carboxylic acids is 1. The van der Waals surface area contributed by atoms with Gasteiger partial charge in [-0.3, -0.25) is 4.79 Å². The Kier molecular flexibility index (Phi) is 6.82. The molecule has 0 unspecified atom stereocenters. The molecule has 1 N–H and O–H groups in total. The number of ether oxygens (including phenoxy) is 2. The predicted molar refractivity (Wildman–Crippen MR) is 76.9 cm³/mol. The monoisotopic (exact) mass is 283 g/mol. The van der Waals surface area contributed by atoms with Crippen LogP contribution in [0.3, 0.4) is 0 Å². The second-order valence-electron chi connectivity index (χ2n) is 3.78. The van der Waals surface area contributed by atoms with E-state index in [4.69, 9.17) is 21.1 Å². The molecule has 0 radical (unpaired) electrons. The van der Waals surface area contributed by atoms with E-state index in [1.807, 2.05) is 6.07 Å². The van der Waals surface area contributed by atoms with E-state index in [1.54, 1.807) is 32.4 Å². The van der Waals surface area contributed by atoms with Crippen molar-refractivity contribution in [1.82, 2.24) is 5.32 Å². The first-order valence-electron chi connectivity index (χ1n) is 5.95. The van der Waals surface area contributed by atoms with E-state index >= 15 is 0 Å². The van der Waals surface area contributed by atoms with Crippen LogP contribution in [0, 0.1) is 0 Å². The second-order valence-corrected chi connectivity index (χ2v) is 4.16. The Morgan fingerprint density at radius 3 is 2.68 bits per heavy atom. The molecule has 0 spiro atoms. The van der Waals surface area contributed by atoms with Gasteiger partial charge in [-0.1, -0.05) is 6.07 Å². The van der Waals surface area contributed by atoms with Gasteiger partial charge in [-0.15, -0.1) is 11.6 Å². The van der Waals surface area contributed by atoms with Crippen LogP contribution in [0.5, 0.6) is 11.5 Å². The van der Waals surface area contributed by atoms with Crippen LogP contribution in [0.25, 0.3) is 6.08 Å². The van der Waals surface area contributed by atoms with Crippen LogP contribution < -0.4 is 14.8 Å². The fourth-order valence-corrected chi connectivity index (χ4v) is 1.60. The van der Waals surface area contributed by atoms with Crippen molar-refractivity contribution in [3.8, 4) is 11.5 Å². The number of hydrogen-bond acceptors (Lipinski definition) is 3. The van der Waals surface area contributed by atoms with Gasteiger partial charge in [0.25, 0.3) is 0 Å². The minimum Gasteiger partial charge on any atom is -0.493 e. The van der Waals surface area contributed by atoms with E-state index in [9.17, 15) is 4.79 Å². The molecular weight excluding hydrogens is 266 g/mol. The van der Waals surface area contributed by atoms with Crippen molar-refractivity contribution in [2.24, 2.45) is 0 Å². The van der Waals surface area contributed by atoms with Crippen molar-refractivity contribution in [3.63, 3.8) is 0 Å². The van der Waals surface area contributed by atoms with Crippen molar-refractivity contribution >= 4 is 23.6 Å². The summed E-state index contributed by atoms with van der Waals surface area (Å²) < 4.78 is 10.3. The molecule has 5 heteroatoms. The highest BCUT2D eigenvalue weighted by atomic mass is 35.5. The number of benzene rings is 1. The summed E-state index contributed by atoms with van der Waals surface area (Å²) in [6, 6.07) is 5.45. The molecule has 0 saturated carbocycles. The molecule has 0 aliphatic rings. The van der Waals surface area contributed by atoms with Crippen LogP contribution in [0.4, 0.5) is 0 Å². The molecular formula is C14H18ClNO3. The minimum absolute atomic E-state index is 0.139. The van der Waals surface area contributed by atoms with E-state index in [0.29, 0.717) is 23.9 Å². The van der Waals surface area contributed by atoms with Gasteiger partial charge in [0.1, 0.15) is 0 Å². The Balaban J connectivity index is 2.63. The molecule has 0 atom stereocenters. The lowest BCUT2D eigenvalue weighted by Crippen LogP contribution is -2.22. The van der Waals surface area contributed by atoms with E-state index in [0.717, 1.165) is 12.0 Å². The van der Waals surface area contributed by atoms with Crippen molar-refractivity contribution < 1.29 is 14.3 Å². The average molecular weight is 284 g/mol. The second kappa shape index (κ2) is 8.43. The molecule has 0 aliphatic heterocycles. The Morgan fingerprint density at radius 2 is 2.05 bits per heavy atom. The van der Waals surface area contributed by atoms with Crippen molar-refractivity contribution in [2.75, 3.05) is 26.6 Å². The predicted octanol–water partition coefficient (Wildman–Crippen LogP) is 2.46. The van der Waals surface area contributed by atoms with Gasteiger partial charge in [-0.25, -0.2) is 0 Å². The quantitative estimate of drug-likeness (QED) is 0.475. The molecule has 0 aromatic heterocycles. The first-order chi connectivity index (χ1) is 9.21. The summed E-state index contributed by atoms with van der Waals surface area (Å²) >= 11 is 5.52. The normalized spacial score (nSPS) is 10.5. The molecule has 1 aromatic rings. The zero-order valence-electron chi connectivity index (χ0n) is 11.1. The summed E-state index contributed by atoms with van der Waals surface area (Å²) in [5.74, 6) is 1.69. The fourth-order valence-electron chi connectivity index (χ4n) is 1.47. The maximum absolute atomic E-state index is 11.5. The SMILES string of the molecule is COc1ccc(/C=C/C(=O)NCCCCl)cc1OC. The summed E-state index contributed by atoms with van der Waals surface area (Å²) in [7, 11) is 3.15. The lowest BCUT2D eigenvalue weighted by molar-refractivity contribution is -0.116. The van der Waals surface area contributed by atoms with E-state index in [2.05, 4.69) is 5.32 Å². The highest BCUT2D eigenvalue weighted by molar-refractivity contribution is 6.17. The van der Waals surface area contributed by atoms with Gasteiger partial charge in [0, 0.05) is 18.5 Å². The molecule has 1 aromatic carbocycles.